The number of carbonyl (C=O) groups excluding carboxylic acids is 1. The van der Waals surface area contributed by atoms with E-state index in [9.17, 15) is 14.9 Å². The first kappa shape index (κ1) is 18.8. The van der Waals surface area contributed by atoms with Gasteiger partial charge in [0.1, 0.15) is 5.78 Å². The van der Waals surface area contributed by atoms with E-state index in [0.717, 1.165) is 16.5 Å². The number of ketones is 1. The Morgan fingerprint density at radius 1 is 1.17 bits per heavy atom. The number of nitro groups is 1. The third-order valence-electron chi connectivity index (χ3n) is 4.36. The number of aromatic nitrogens is 5. The van der Waals surface area contributed by atoms with Gasteiger partial charge in [-0.1, -0.05) is 17.8 Å². The molecule has 0 saturated heterocycles. The number of Topliss-reactive ketones (excluding diaryl/α,β-unsaturated/α-hetero) is 1. The van der Waals surface area contributed by atoms with Gasteiger partial charge in [0.25, 0.3) is 5.69 Å². The Bertz CT molecular complexity index is 1250. The Morgan fingerprint density at radius 3 is 2.72 bits per heavy atom. The minimum Gasteiger partial charge on any atom is -0.316 e. The molecule has 0 unspecified atom stereocenters. The Kier molecular flexibility index (Phi) is 4.85. The van der Waals surface area contributed by atoms with Crippen molar-refractivity contribution in [3.05, 3.63) is 52.7 Å². The molecule has 0 atom stereocenters. The molecule has 9 nitrogen and oxygen atoms in total. The van der Waals surface area contributed by atoms with Gasteiger partial charge in [-0.3, -0.25) is 19.6 Å². The molecule has 0 fully saturated rings. The standard InChI is InChI=1S/C19H16N6O3S/c1-11(26)10-29-19-21-18(22-23-19)14-6-13(7-16(8-14)25(27)28)12-3-4-17-15(5-12)9-20-24(17)2/h3-9H,10H2,1-2H3,(H,21,22,23). The molecule has 29 heavy (non-hydrogen) atoms. The third-order valence-corrected chi connectivity index (χ3v) is 5.37. The van der Waals surface area contributed by atoms with Crippen molar-refractivity contribution in [2.24, 2.45) is 7.05 Å². The summed E-state index contributed by atoms with van der Waals surface area (Å²) in [6, 6.07) is 10.6. The number of hydrogen-bond acceptors (Lipinski definition) is 7. The smallest absolute Gasteiger partial charge is 0.270 e. The summed E-state index contributed by atoms with van der Waals surface area (Å²) in [7, 11) is 1.86. The molecule has 0 aliphatic heterocycles. The molecule has 0 radical (unpaired) electrons. The van der Waals surface area contributed by atoms with Crippen LogP contribution in [0.5, 0.6) is 0 Å². The zero-order valence-electron chi connectivity index (χ0n) is 15.6. The first-order valence-corrected chi connectivity index (χ1v) is 9.66. The van der Waals surface area contributed by atoms with Crippen LogP contribution < -0.4 is 0 Å². The van der Waals surface area contributed by atoms with E-state index in [-0.39, 0.29) is 17.2 Å². The molecule has 0 spiro atoms. The number of H-pyrrole nitrogens is 1. The number of fused-ring (bicyclic) bond motifs is 1. The van der Waals surface area contributed by atoms with E-state index < -0.39 is 4.92 Å². The predicted octanol–water partition coefficient (Wildman–Crippen LogP) is 3.61. The van der Waals surface area contributed by atoms with Crippen molar-refractivity contribution in [3.63, 3.8) is 0 Å². The van der Waals surface area contributed by atoms with Crippen molar-refractivity contribution in [2.45, 2.75) is 12.1 Å². The summed E-state index contributed by atoms with van der Waals surface area (Å²) < 4.78 is 1.77. The van der Waals surface area contributed by atoms with Gasteiger partial charge in [0, 0.05) is 30.1 Å². The molecule has 0 amide bonds. The van der Waals surface area contributed by atoms with Crippen LogP contribution in [0.25, 0.3) is 33.4 Å². The molecule has 0 aliphatic rings. The topological polar surface area (TPSA) is 120 Å². The maximum absolute atomic E-state index is 11.5. The zero-order chi connectivity index (χ0) is 20.5. The fraction of sp³-hybridized carbons (Fsp3) is 0.158. The summed E-state index contributed by atoms with van der Waals surface area (Å²) in [6.07, 6.45) is 1.76. The second-order valence-electron chi connectivity index (χ2n) is 6.54. The highest BCUT2D eigenvalue weighted by atomic mass is 32.2. The zero-order valence-corrected chi connectivity index (χ0v) is 16.4. The van der Waals surface area contributed by atoms with Crippen molar-refractivity contribution in [3.8, 4) is 22.5 Å². The molecule has 2 heterocycles. The van der Waals surface area contributed by atoms with Gasteiger partial charge in [0.05, 0.1) is 22.4 Å². The summed E-state index contributed by atoms with van der Waals surface area (Å²) >= 11 is 1.24. The van der Waals surface area contributed by atoms with Crippen molar-refractivity contribution in [1.29, 1.82) is 0 Å². The van der Waals surface area contributed by atoms with Gasteiger partial charge < -0.3 is 4.98 Å². The third kappa shape index (κ3) is 3.87. The lowest BCUT2D eigenvalue weighted by Gasteiger charge is -2.06. The number of aromatic amines is 1. The minimum absolute atomic E-state index is 0.0244. The molecule has 0 saturated carbocycles. The molecule has 2 aromatic carbocycles. The lowest BCUT2D eigenvalue weighted by molar-refractivity contribution is -0.384. The molecule has 4 aromatic rings. The van der Waals surface area contributed by atoms with Crippen LogP contribution in [0.2, 0.25) is 0 Å². The van der Waals surface area contributed by atoms with Gasteiger partial charge in [0.2, 0.25) is 0 Å². The van der Waals surface area contributed by atoms with Crippen molar-refractivity contribution in [1.82, 2.24) is 25.0 Å². The van der Waals surface area contributed by atoms with E-state index in [1.165, 1.54) is 30.8 Å². The Morgan fingerprint density at radius 2 is 1.97 bits per heavy atom. The van der Waals surface area contributed by atoms with Crippen LogP contribution >= 0.6 is 11.8 Å². The maximum Gasteiger partial charge on any atom is 0.270 e. The lowest BCUT2D eigenvalue weighted by atomic mass is 10.0. The quantitative estimate of drug-likeness (QED) is 0.294. The van der Waals surface area contributed by atoms with Crippen LogP contribution in [0, 0.1) is 10.1 Å². The van der Waals surface area contributed by atoms with Crippen LogP contribution in [0.3, 0.4) is 0 Å². The van der Waals surface area contributed by atoms with Crippen LogP contribution in [-0.4, -0.2) is 41.4 Å². The highest BCUT2D eigenvalue weighted by molar-refractivity contribution is 7.99. The van der Waals surface area contributed by atoms with E-state index in [1.54, 1.807) is 10.9 Å². The summed E-state index contributed by atoms with van der Waals surface area (Å²) in [4.78, 5) is 25.2. The maximum atomic E-state index is 11.5. The number of carbonyl (C=O) groups is 1. The van der Waals surface area contributed by atoms with Crippen LogP contribution in [-0.2, 0) is 11.8 Å². The second-order valence-corrected chi connectivity index (χ2v) is 7.50. The average Bonchev–Trinajstić information content (AvgIpc) is 3.33. The molecule has 0 bridgehead atoms. The van der Waals surface area contributed by atoms with Crippen LogP contribution in [0.1, 0.15) is 6.92 Å². The van der Waals surface area contributed by atoms with Crippen molar-refractivity contribution >= 4 is 34.1 Å². The number of non-ortho nitro benzene ring substituents is 1. The van der Waals surface area contributed by atoms with Gasteiger partial charge in [-0.15, -0.1) is 10.2 Å². The first-order valence-electron chi connectivity index (χ1n) is 8.67. The van der Waals surface area contributed by atoms with Gasteiger partial charge in [-0.25, -0.2) is 0 Å². The first-order chi connectivity index (χ1) is 13.9. The Labute approximate surface area is 169 Å². The fourth-order valence-electron chi connectivity index (χ4n) is 2.97. The minimum atomic E-state index is -0.433. The Hall–Kier alpha value is -3.53. The number of nitrogens with zero attached hydrogens (tertiary/aromatic N) is 5. The summed E-state index contributed by atoms with van der Waals surface area (Å²) in [5.41, 5.74) is 3.00. The lowest BCUT2D eigenvalue weighted by Crippen LogP contribution is -1.93. The van der Waals surface area contributed by atoms with Crippen LogP contribution in [0.4, 0.5) is 5.69 Å². The number of nitrogens with one attached hydrogen (secondary N) is 1. The molecular formula is C19H16N6O3S. The molecular weight excluding hydrogens is 392 g/mol. The highest BCUT2D eigenvalue weighted by Gasteiger charge is 2.15. The SMILES string of the molecule is CC(=O)CSc1nnc(-c2cc(-c3ccc4c(cnn4C)c3)cc([N+](=O)[O-])c2)[nH]1. The van der Waals surface area contributed by atoms with Gasteiger partial charge >= 0.3 is 0 Å². The normalized spacial score (nSPS) is 11.1. The van der Waals surface area contributed by atoms with E-state index >= 15 is 0 Å². The van der Waals surface area contributed by atoms with E-state index in [2.05, 4.69) is 20.3 Å². The number of benzene rings is 2. The molecule has 2 aromatic heterocycles. The summed E-state index contributed by atoms with van der Waals surface area (Å²) in [5.74, 6) is 0.708. The van der Waals surface area contributed by atoms with E-state index in [4.69, 9.17) is 0 Å². The van der Waals surface area contributed by atoms with Crippen molar-refractivity contribution in [2.75, 3.05) is 5.75 Å². The number of hydrogen-bond donors (Lipinski definition) is 1. The molecule has 146 valence electrons. The average molecular weight is 408 g/mol. The predicted molar refractivity (Wildman–Crippen MR) is 110 cm³/mol. The molecule has 1 N–H and O–H groups in total. The Balaban J connectivity index is 1.76. The van der Waals surface area contributed by atoms with Gasteiger partial charge in [-0.2, -0.15) is 5.10 Å². The summed E-state index contributed by atoms with van der Waals surface area (Å²) in [5, 5.41) is 25.2. The summed E-state index contributed by atoms with van der Waals surface area (Å²) in [6.45, 7) is 1.50. The number of nitro benzene ring substituents is 1. The van der Waals surface area contributed by atoms with E-state index in [1.807, 2.05) is 31.3 Å². The van der Waals surface area contributed by atoms with E-state index in [0.29, 0.717) is 22.1 Å². The van der Waals surface area contributed by atoms with Gasteiger partial charge in [0.15, 0.2) is 11.0 Å². The second kappa shape index (κ2) is 7.47. The largest absolute Gasteiger partial charge is 0.316 e. The molecule has 0 aliphatic carbocycles. The number of thioether (sulfide) groups is 1. The molecule has 10 heteroatoms. The van der Waals surface area contributed by atoms with Crippen LogP contribution in [0.15, 0.2) is 47.8 Å². The number of aryl methyl sites for hydroxylation is 1. The monoisotopic (exact) mass is 408 g/mol. The number of rotatable bonds is 6. The fourth-order valence-corrected chi connectivity index (χ4v) is 3.58. The van der Waals surface area contributed by atoms with Crippen molar-refractivity contribution < 1.29 is 9.72 Å². The highest BCUT2D eigenvalue weighted by Crippen LogP contribution is 2.32. The molecule has 4 rings (SSSR count). The van der Waals surface area contributed by atoms with Gasteiger partial charge in [-0.05, 0) is 36.2 Å².